The lowest BCUT2D eigenvalue weighted by Crippen LogP contribution is -2.35. The smallest absolute Gasteiger partial charge is 0.329 e. The molecular weight excluding hydrogens is 373 g/mol. The number of carbonyl (C=O) groups is 3. The predicted molar refractivity (Wildman–Crippen MR) is 102 cm³/mol. The minimum absolute atomic E-state index is 0.187. The highest BCUT2D eigenvalue weighted by atomic mass is 19.1. The van der Waals surface area contributed by atoms with Crippen molar-refractivity contribution in [3.8, 4) is 0 Å². The number of carbonyl (C=O) groups excluding carboxylic acids is 3. The Balaban J connectivity index is 1.61. The molecule has 144 valence electrons. The van der Waals surface area contributed by atoms with Gasteiger partial charge in [0.2, 0.25) is 0 Å². The van der Waals surface area contributed by atoms with Crippen molar-refractivity contribution in [1.29, 1.82) is 0 Å². The molecule has 5 nitrogen and oxygen atoms in total. The number of hydrogen-bond acceptors (Lipinski definition) is 4. The van der Waals surface area contributed by atoms with E-state index in [0.717, 1.165) is 5.56 Å². The first kappa shape index (κ1) is 18.6. The number of hydrogen-bond donors (Lipinski definition) is 0. The lowest BCUT2D eigenvalue weighted by atomic mass is 9.92. The fourth-order valence-electron chi connectivity index (χ4n) is 3.29. The molecule has 0 saturated carbocycles. The minimum Gasteiger partial charge on any atom is -0.329 e. The average molecular weight is 389 g/mol. The van der Waals surface area contributed by atoms with Gasteiger partial charge >= 0.3 is 5.97 Å². The average Bonchev–Trinajstić information content (AvgIpc) is 2.98. The van der Waals surface area contributed by atoms with Gasteiger partial charge in [-0.15, -0.1) is 0 Å². The van der Waals surface area contributed by atoms with Crippen molar-refractivity contribution in [2.45, 2.75) is 12.3 Å². The Morgan fingerprint density at radius 3 is 1.97 bits per heavy atom. The van der Waals surface area contributed by atoms with Gasteiger partial charge in [0.1, 0.15) is 5.82 Å². The molecule has 0 bridgehead atoms. The van der Waals surface area contributed by atoms with Gasteiger partial charge < -0.3 is 4.84 Å². The monoisotopic (exact) mass is 389 g/mol. The van der Waals surface area contributed by atoms with Crippen LogP contribution in [0, 0.1) is 5.82 Å². The predicted octanol–water partition coefficient (Wildman–Crippen LogP) is 3.91. The van der Waals surface area contributed by atoms with E-state index in [-0.39, 0.29) is 17.5 Å². The van der Waals surface area contributed by atoms with E-state index in [1.165, 1.54) is 36.4 Å². The standard InChI is InChI=1S/C23H16FNO4/c24-17-12-10-16(11-13-17)20(14-15-6-2-1-3-7-15)23(28)29-25-21(26)18-8-4-5-9-19(18)22(25)27/h1-13,20H,14H2. The zero-order valence-electron chi connectivity index (χ0n) is 15.2. The summed E-state index contributed by atoms with van der Waals surface area (Å²) in [7, 11) is 0. The van der Waals surface area contributed by atoms with E-state index in [2.05, 4.69) is 0 Å². The lowest BCUT2D eigenvalue weighted by molar-refractivity contribution is -0.170. The summed E-state index contributed by atoms with van der Waals surface area (Å²) in [5, 5.41) is 0.495. The summed E-state index contributed by atoms with van der Waals surface area (Å²) < 4.78 is 13.3. The van der Waals surface area contributed by atoms with Gasteiger partial charge in [-0.3, -0.25) is 9.59 Å². The van der Waals surface area contributed by atoms with E-state index in [4.69, 9.17) is 4.84 Å². The molecule has 0 saturated heterocycles. The molecule has 1 aliphatic rings. The van der Waals surface area contributed by atoms with Crippen molar-refractivity contribution in [3.05, 3.63) is 107 Å². The van der Waals surface area contributed by atoms with Gasteiger partial charge in [0.25, 0.3) is 11.8 Å². The highest BCUT2D eigenvalue weighted by Gasteiger charge is 2.40. The van der Waals surface area contributed by atoms with Crippen LogP contribution in [0.3, 0.4) is 0 Å². The van der Waals surface area contributed by atoms with E-state index >= 15 is 0 Å². The number of hydroxylamine groups is 2. The van der Waals surface area contributed by atoms with E-state index in [0.29, 0.717) is 10.6 Å². The summed E-state index contributed by atoms with van der Waals surface area (Å²) in [6.07, 6.45) is 0.272. The van der Waals surface area contributed by atoms with Crippen molar-refractivity contribution in [2.75, 3.05) is 0 Å². The molecule has 0 spiro atoms. The molecule has 1 atom stereocenters. The number of imide groups is 1. The Bertz CT molecular complexity index is 1040. The van der Waals surface area contributed by atoms with Gasteiger partial charge in [0.15, 0.2) is 0 Å². The normalized spacial score (nSPS) is 13.9. The topological polar surface area (TPSA) is 63.7 Å². The molecule has 1 heterocycles. The van der Waals surface area contributed by atoms with Gasteiger partial charge in [-0.1, -0.05) is 59.7 Å². The summed E-state index contributed by atoms with van der Waals surface area (Å²) in [4.78, 5) is 43.2. The Kier molecular flexibility index (Phi) is 4.91. The van der Waals surface area contributed by atoms with E-state index in [1.54, 1.807) is 12.1 Å². The second-order valence-corrected chi connectivity index (χ2v) is 6.65. The van der Waals surface area contributed by atoms with Gasteiger partial charge in [0, 0.05) is 0 Å². The minimum atomic E-state index is -0.817. The van der Waals surface area contributed by atoms with E-state index < -0.39 is 29.5 Å². The molecule has 3 aromatic rings. The molecule has 6 heteroatoms. The third-order valence-electron chi connectivity index (χ3n) is 4.78. The summed E-state index contributed by atoms with van der Waals surface area (Å²) in [6.45, 7) is 0. The molecule has 1 aliphatic heterocycles. The molecule has 2 amide bonds. The van der Waals surface area contributed by atoms with Gasteiger partial charge in [0.05, 0.1) is 17.0 Å². The van der Waals surface area contributed by atoms with Crippen molar-refractivity contribution < 1.29 is 23.6 Å². The Hall–Kier alpha value is -3.80. The highest BCUT2D eigenvalue weighted by molar-refractivity contribution is 6.20. The molecule has 29 heavy (non-hydrogen) atoms. The van der Waals surface area contributed by atoms with Gasteiger partial charge in [-0.25, -0.2) is 9.18 Å². The molecule has 3 aromatic carbocycles. The number of benzene rings is 3. The third-order valence-corrected chi connectivity index (χ3v) is 4.78. The van der Waals surface area contributed by atoms with Gasteiger partial charge in [-0.2, -0.15) is 0 Å². The van der Waals surface area contributed by atoms with Crippen LogP contribution < -0.4 is 0 Å². The lowest BCUT2D eigenvalue weighted by Gasteiger charge is -2.19. The molecule has 0 aliphatic carbocycles. The summed E-state index contributed by atoms with van der Waals surface area (Å²) in [6, 6.07) is 21.0. The summed E-state index contributed by atoms with van der Waals surface area (Å²) in [5.41, 5.74) is 1.76. The van der Waals surface area contributed by atoms with Gasteiger partial charge in [-0.05, 0) is 41.8 Å². The molecule has 4 rings (SSSR count). The van der Waals surface area contributed by atoms with E-state index in [9.17, 15) is 18.8 Å². The maximum Gasteiger partial charge on any atom is 0.340 e. The fraction of sp³-hybridized carbons (Fsp3) is 0.0870. The van der Waals surface area contributed by atoms with Crippen molar-refractivity contribution in [2.24, 2.45) is 0 Å². The molecule has 1 unspecified atom stereocenters. The number of nitrogens with zero attached hydrogens (tertiary/aromatic N) is 1. The quantitative estimate of drug-likeness (QED) is 0.621. The van der Waals surface area contributed by atoms with E-state index in [1.807, 2.05) is 30.3 Å². The van der Waals surface area contributed by atoms with Crippen LogP contribution in [-0.4, -0.2) is 22.8 Å². The number of halogens is 1. The zero-order valence-corrected chi connectivity index (χ0v) is 15.2. The first-order valence-corrected chi connectivity index (χ1v) is 9.03. The number of rotatable bonds is 5. The Morgan fingerprint density at radius 2 is 1.38 bits per heavy atom. The Morgan fingerprint density at radius 1 is 0.828 bits per heavy atom. The molecule has 0 N–H and O–H groups in total. The number of amides is 2. The van der Waals surface area contributed by atoms with Crippen LogP contribution in [0.2, 0.25) is 0 Å². The first-order valence-electron chi connectivity index (χ1n) is 9.03. The molecule has 0 fully saturated rings. The Labute approximate surface area is 166 Å². The van der Waals surface area contributed by atoms with Crippen LogP contribution in [-0.2, 0) is 16.1 Å². The van der Waals surface area contributed by atoms with Crippen molar-refractivity contribution >= 4 is 17.8 Å². The second kappa shape index (κ2) is 7.67. The highest BCUT2D eigenvalue weighted by Crippen LogP contribution is 2.27. The molecule has 0 aromatic heterocycles. The number of fused-ring (bicyclic) bond motifs is 1. The molecular formula is C23H16FNO4. The summed E-state index contributed by atoms with van der Waals surface area (Å²) in [5.74, 6) is -3.38. The van der Waals surface area contributed by atoms with Crippen LogP contribution >= 0.6 is 0 Å². The van der Waals surface area contributed by atoms with Crippen molar-refractivity contribution in [3.63, 3.8) is 0 Å². The second-order valence-electron chi connectivity index (χ2n) is 6.65. The van der Waals surface area contributed by atoms with Crippen LogP contribution in [0.25, 0.3) is 0 Å². The van der Waals surface area contributed by atoms with Crippen molar-refractivity contribution in [1.82, 2.24) is 5.06 Å². The fourth-order valence-corrected chi connectivity index (χ4v) is 3.29. The zero-order chi connectivity index (χ0) is 20.4. The SMILES string of the molecule is O=C(ON1C(=O)c2ccccc2C1=O)C(Cc1ccccc1)c1ccc(F)cc1. The van der Waals surface area contributed by atoms with Crippen LogP contribution in [0.1, 0.15) is 37.8 Å². The van der Waals surface area contributed by atoms with Crippen LogP contribution in [0.5, 0.6) is 0 Å². The largest absolute Gasteiger partial charge is 0.340 e. The van der Waals surface area contributed by atoms with Crippen LogP contribution in [0.4, 0.5) is 4.39 Å². The maximum atomic E-state index is 13.3. The maximum absolute atomic E-state index is 13.3. The third kappa shape index (κ3) is 3.65. The van der Waals surface area contributed by atoms with Crippen LogP contribution in [0.15, 0.2) is 78.9 Å². The first-order chi connectivity index (χ1) is 14.0. The molecule has 0 radical (unpaired) electrons. The summed E-state index contributed by atoms with van der Waals surface area (Å²) >= 11 is 0.